The molecule has 0 aromatic carbocycles. The van der Waals surface area contributed by atoms with E-state index in [-0.39, 0.29) is 36.6 Å². The average Bonchev–Trinajstić information content (AvgIpc) is 3.83. The fraction of sp³-hybridized carbons (Fsp3) is 0.452. The lowest BCUT2D eigenvalue weighted by molar-refractivity contribution is -0.143. The van der Waals surface area contributed by atoms with E-state index < -0.39 is 11.9 Å². The number of ketones is 1. The Morgan fingerprint density at radius 3 is 2.14 bits per heavy atom. The fourth-order valence-electron chi connectivity index (χ4n) is 7.85. The number of hydrogen-bond acceptors (Lipinski definition) is 6. The van der Waals surface area contributed by atoms with E-state index in [0.717, 1.165) is 79.8 Å². The fourth-order valence-corrected chi connectivity index (χ4v) is 7.85. The smallest absolute Gasteiger partial charge is 0.321 e. The van der Waals surface area contributed by atoms with E-state index in [1.165, 1.54) is 25.5 Å². The largest absolute Gasteiger partial charge is 0.468 e. The Balaban J connectivity index is 1.47. The number of Topliss-reactive ketones (excluding diaryl/α,β-unsaturated/α-hetero) is 1. The Bertz CT molecular complexity index is 2130. The van der Waals surface area contributed by atoms with Crippen LogP contribution in [0.2, 0.25) is 0 Å². The molecule has 4 N–H and O–H groups in total. The number of unbranched alkanes of at least 4 members (excludes halogenated alkanes) is 2. The lowest BCUT2D eigenvalue weighted by atomic mass is 9.85. The molecule has 1 fully saturated rings. The number of nitrogens with one attached hydrogen (secondary N) is 4. The van der Waals surface area contributed by atoms with Gasteiger partial charge in [-0.2, -0.15) is 0 Å². The number of aromatic nitrogens is 3. The van der Waals surface area contributed by atoms with Crippen molar-refractivity contribution < 1.29 is 23.9 Å². The van der Waals surface area contributed by atoms with Gasteiger partial charge in [0.05, 0.1) is 12.8 Å². The maximum atomic E-state index is 14.2. The molecule has 0 saturated carbocycles. The highest BCUT2D eigenvalue weighted by atomic mass is 16.5. The number of allylic oxidation sites excluding steroid dienone is 3. The van der Waals surface area contributed by atoms with Crippen LogP contribution in [-0.4, -0.2) is 46.4 Å². The summed E-state index contributed by atoms with van der Waals surface area (Å²) in [5.41, 5.74) is 12.8. The Hall–Kier alpha value is -4.79. The normalized spacial score (nSPS) is 23.2. The summed E-state index contributed by atoms with van der Waals surface area (Å²) in [7, 11) is 1.32. The van der Waals surface area contributed by atoms with Crippen molar-refractivity contribution in [1.29, 1.82) is 0 Å². The van der Waals surface area contributed by atoms with Crippen molar-refractivity contribution in [1.82, 2.24) is 20.3 Å². The minimum Gasteiger partial charge on any atom is -0.468 e. The molecule has 0 spiro atoms. The van der Waals surface area contributed by atoms with E-state index in [4.69, 9.17) is 9.47 Å². The summed E-state index contributed by atoms with van der Waals surface area (Å²) in [4.78, 5) is 51.6. The molecule has 1 aliphatic carbocycles. The summed E-state index contributed by atoms with van der Waals surface area (Å²) in [6.07, 6.45) is 13.5. The van der Waals surface area contributed by atoms with Crippen molar-refractivity contribution in [2.45, 2.75) is 93.9 Å². The first-order valence-corrected chi connectivity index (χ1v) is 18.3. The van der Waals surface area contributed by atoms with Crippen LogP contribution in [0, 0.1) is 52.4 Å². The first-order chi connectivity index (χ1) is 24.4. The Morgan fingerprint density at radius 2 is 1.49 bits per heavy atom. The summed E-state index contributed by atoms with van der Waals surface area (Å²) < 4.78 is 10.9. The molecule has 6 rings (SSSR count). The van der Waals surface area contributed by atoms with Gasteiger partial charge in [0.1, 0.15) is 12.5 Å². The van der Waals surface area contributed by atoms with Crippen LogP contribution in [0.15, 0.2) is 23.0 Å². The summed E-state index contributed by atoms with van der Waals surface area (Å²) in [6, 6.07) is 0. The number of H-pyrrole nitrogens is 3. The van der Waals surface area contributed by atoms with E-state index >= 15 is 0 Å². The van der Waals surface area contributed by atoms with E-state index in [0.29, 0.717) is 23.3 Å². The molecule has 270 valence electrons. The quantitative estimate of drug-likeness (QED) is 0.0818. The molecule has 5 heterocycles. The van der Waals surface area contributed by atoms with Crippen molar-refractivity contribution >= 4 is 41.5 Å². The van der Waals surface area contributed by atoms with Gasteiger partial charge in [-0.3, -0.25) is 14.4 Å². The van der Waals surface area contributed by atoms with Gasteiger partial charge in [0.25, 0.3) is 0 Å². The van der Waals surface area contributed by atoms with Gasteiger partial charge in [-0.05, 0) is 113 Å². The van der Waals surface area contributed by atoms with Gasteiger partial charge in [0.2, 0.25) is 0 Å². The van der Waals surface area contributed by atoms with Crippen molar-refractivity contribution in [3.8, 4) is 0 Å². The zero-order valence-corrected chi connectivity index (χ0v) is 31.5. The van der Waals surface area contributed by atoms with Crippen LogP contribution in [0.25, 0.3) is 23.8 Å². The summed E-state index contributed by atoms with van der Waals surface area (Å²) in [5.74, 6) is -2.53. The second kappa shape index (κ2) is 14.4. The van der Waals surface area contributed by atoms with E-state index in [2.05, 4.69) is 80.9 Å². The molecule has 1 saturated heterocycles. The Labute approximate surface area is 300 Å². The van der Waals surface area contributed by atoms with Crippen LogP contribution < -0.4 is 16.0 Å². The van der Waals surface area contributed by atoms with Crippen LogP contribution in [0.1, 0.15) is 120 Å². The standard InChI is InChI=1S/C42H52N4O5/c1-10-11-12-13-21(2)16-17-51-35(47)15-14-28-26(7)33-19-31-24(5)22(3)29(43-31)18-30-23(4)25(6)32(44-30)20-34-27(8)36-40(46-34)37(39(28)45-33)38(41(36)48)42(49)50-9/h16,18-20,26,28,38,43-46H,10-15,17H2,1-9H3/b21-16+,30-18-,32-20-,33-19-,39-37-/t26-,28-,38+/m0/s1. The molecule has 3 aromatic rings. The number of methoxy groups -OCH3 is 1. The highest BCUT2D eigenvalue weighted by molar-refractivity contribution is 6.24. The van der Waals surface area contributed by atoms with Crippen LogP contribution >= 0.6 is 0 Å². The predicted molar refractivity (Wildman–Crippen MR) is 201 cm³/mol. The molecule has 2 aliphatic heterocycles. The molecular weight excluding hydrogens is 640 g/mol. The zero-order valence-electron chi connectivity index (χ0n) is 31.5. The lowest BCUT2D eigenvalue weighted by Gasteiger charge is -2.19. The molecule has 0 amide bonds. The van der Waals surface area contributed by atoms with Gasteiger partial charge < -0.3 is 29.7 Å². The van der Waals surface area contributed by atoms with Crippen molar-refractivity contribution in [3.63, 3.8) is 0 Å². The van der Waals surface area contributed by atoms with Gasteiger partial charge >= 0.3 is 11.9 Å². The maximum absolute atomic E-state index is 14.2. The maximum Gasteiger partial charge on any atom is 0.321 e. The topological polar surface area (TPSA) is 129 Å². The number of ether oxygens (including phenoxy) is 2. The zero-order chi connectivity index (χ0) is 36.7. The monoisotopic (exact) mass is 692 g/mol. The van der Waals surface area contributed by atoms with Gasteiger partial charge in [-0.1, -0.05) is 32.3 Å². The Morgan fingerprint density at radius 1 is 0.843 bits per heavy atom. The first kappa shape index (κ1) is 36.0. The van der Waals surface area contributed by atoms with Crippen molar-refractivity contribution in [2.24, 2.45) is 17.8 Å². The molecular formula is C42H52N4O5. The third-order valence-electron chi connectivity index (χ3n) is 11.5. The second-order valence-corrected chi connectivity index (χ2v) is 14.6. The first-order valence-electron chi connectivity index (χ1n) is 18.3. The van der Waals surface area contributed by atoms with Gasteiger partial charge in [0.15, 0.2) is 5.78 Å². The van der Waals surface area contributed by atoms with Crippen LogP contribution in [0.4, 0.5) is 0 Å². The second-order valence-electron chi connectivity index (χ2n) is 14.6. The number of esters is 2. The van der Waals surface area contributed by atoms with E-state index in [1.807, 2.05) is 19.1 Å². The van der Waals surface area contributed by atoms with E-state index in [9.17, 15) is 14.4 Å². The number of carbonyl (C=O) groups is 3. The van der Waals surface area contributed by atoms with Gasteiger partial charge in [0, 0.05) is 68.6 Å². The number of fused-ring (bicyclic) bond motifs is 7. The third-order valence-corrected chi connectivity index (χ3v) is 11.5. The van der Waals surface area contributed by atoms with E-state index in [1.54, 1.807) is 0 Å². The van der Waals surface area contributed by atoms with Gasteiger partial charge in [-0.15, -0.1) is 0 Å². The molecule has 0 radical (unpaired) electrons. The molecule has 9 nitrogen and oxygen atoms in total. The van der Waals surface area contributed by atoms with Crippen molar-refractivity contribution in [3.05, 3.63) is 89.9 Å². The number of rotatable bonds is 10. The SMILES string of the molecule is CCCCC/C(C)=C/COC(=O)CC[C@@H]1/C2=C3/c4[nH]c(c(C)c4C(=O)[C@@H]3C(=O)OC)/C=c3\[nH]/c(c(C)c3C)=C\c3[nH]c(c(C)c3C)/C=C(\N2)[C@H]1C. The predicted octanol–water partition coefficient (Wildman–Crippen LogP) is 6.63. The summed E-state index contributed by atoms with van der Waals surface area (Å²) in [5, 5.41) is 5.63. The number of aromatic amines is 3. The third kappa shape index (κ3) is 6.59. The highest BCUT2D eigenvalue weighted by Crippen LogP contribution is 2.48. The highest BCUT2D eigenvalue weighted by Gasteiger charge is 2.48. The Kier molecular flexibility index (Phi) is 10.2. The van der Waals surface area contributed by atoms with Crippen LogP contribution in [0.3, 0.4) is 0 Å². The summed E-state index contributed by atoms with van der Waals surface area (Å²) in [6.45, 7) is 17.0. The molecule has 3 aromatic heterocycles. The minimum absolute atomic E-state index is 0.0536. The van der Waals surface area contributed by atoms with Crippen LogP contribution in [-0.2, 0) is 19.1 Å². The van der Waals surface area contributed by atoms with Crippen molar-refractivity contribution in [2.75, 3.05) is 13.7 Å². The molecule has 3 atom stereocenters. The van der Waals surface area contributed by atoms with Crippen LogP contribution in [0.5, 0.6) is 0 Å². The van der Waals surface area contributed by atoms with Gasteiger partial charge in [-0.25, -0.2) is 0 Å². The molecule has 3 aliphatic rings. The molecule has 9 heteroatoms. The summed E-state index contributed by atoms with van der Waals surface area (Å²) >= 11 is 0. The lowest BCUT2D eigenvalue weighted by Crippen LogP contribution is -2.25. The minimum atomic E-state index is -1.12. The molecule has 51 heavy (non-hydrogen) atoms. The molecule has 8 bridgehead atoms. The number of carbonyl (C=O) groups excluding carboxylic acids is 3. The average molecular weight is 693 g/mol. The number of hydrogen-bond donors (Lipinski definition) is 4. The molecule has 0 unspecified atom stereocenters.